The van der Waals surface area contributed by atoms with E-state index in [9.17, 15) is 14.7 Å². The van der Waals surface area contributed by atoms with Crippen LogP contribution in [0.15, 0.2) is 12.7 Å². The van der Waals surface area contributed by atoms with Crippen LogP contribution in [0.3, 0.4) is 0 Å². The molecule has 0 spiro atoms. The Morgan fingerprint density at radius 3 is 2.04 bits per heavy atom. The van der Waals surface area contributed by atoms with Gasteiger partial charge in [-0.25, -0.2) is 9.59 Å². The Kier molecular flexibility index (Phi) is 6.50. The number of piperazine rings is 1. The maximum atomic E-state index is 12.6. The average molecular weight is 356 g/mol. The molecule has 1 aliphatic heterocycles. The summed E-state index contributed by atoms with van der Waals surface area (Å²) >= 11 is 0. The lowest BCUT2D eigenvalue weighted by molar-refractivity contribution is -0.0576. The van der Waals surface area contributed by atoms with Gasteiger partial charge in [-0.15, -0.1) is 6.58 Å². The fourth-order valence-corrected chi connectivity index (χ4v) is 2.71. The molecular formula is C18H32N2O5. The second-order valence-corrected chi connectivity index (χ2v) is 8.41. The first-order valence-electron chi connectivity index (χ1n) is 8.54. The van der Waals surface area contributed by atoms with Gasteiger partial charge in [-0.2, -0.15) is 0 Å². The number of carbonyl (C=O) groups excluding carboxylic acids is 2. The van der Waals surface area contributed by atoms with Crippen molar-refractivity contribution in [2.75, 3.05) is 26.2 Å². The van der Waals surface area contributed by atoms with Gasteiger partial charge in [0.25, 0.3) is 0 Å². The molecule has 1 aliphatic rings. The third kappa shape index (κ3) is 5.92. The molecule has 0 aromatic heterocycles. The molecule has 2 amide bonds. The standard InChI is InChI=1S/C18H32N2O5/c1-8-9-18(13-21)12-19(14(22)24-16(2,3)4)10-11-20(18)15(23)25-17(5,6)7/h8,21H,1,9-13H2,2-7H3. The summed E-state index contributed by atoms with van der Waals surface area (Å²) in [6.45, 7) is 14.9. The predicted octanol–water partition coefficient (Wildman–Crippen LogP) is 2.78. The zero-order valence-corrected chi connectivity index (χ0v) is 16.3. The van der Waals surface area contributed by atoms with E-state index in [1.165, 1.54) is 9.80 Å². The van der Waals surface area contributed by atoms with E-state index in [2.05, 4.69) is 6.58 Å². The molecule has 7 heteroatoms. The molecule has 0 saturated carbocycles. The largest absolute Gasteiger partial charge is 0.444 e. The minimum Gasteiger partial charge on any atom is -0.444 e. The van der Waals surface area contributed by atoms with Crippen LogP contribution in [0.5, 0.6) is 0 Å². The molecule has 0 bridgehead atoms. The van der Waals surface area contributed by atoms with E-state index in [-0.39, 0.29) is 19.7 Å². The first-order valence-corrected chi connectivity index (χ1v) is 8.54. The number of hydrogen-bond acceptors (Lipinski definition) is 5. The Bertz CT molecular complexity index is 507. The third-order valence-electron chi connectivity index (χ3n) is 3.74. The van der Waals surface area contributed by atoms with E-state index in [0.29, 0.717) is 13.0 Å². The summed E-state index contributed by atoms with van der Waals surface area (Å²) in [6, 6.07) is 0. The van der Waals surface area contributed by atoms with Gasteiger partial charge in [-0.05, 0) is 48.0 Å². The molecule has 1 atom stereocenters. The molecule has 1 N–H and O–H groups in total. The number of rotatable bonds is 3. The highest BCUT2D eigenvalue weighted by Gasteiger charge is 2.46. The molecule has 0 radical (unpaired) electrons. The molecule has 0 aromatic carbocycles. The first kappa shape index (κ1) is 21.3. The lowest BCUT2D eigenvalue weighted by Crippen LogP contribution is -2.67. The minimum absolute atomic E-state index is 0.156. The SMILES string of the molecule is C=CCC1(CO)CN(C(=O)OC(C)(C)C)CCN1C(=O)OC(C)(C)C. The second-order valence-electron chi connectivity index (χ2n) is 8.41. The number of nitrogens with zero attached hydrogens (tertiary/aromatic N) is 2. The number of hydrogen-bond donors (Lipinski definition) is 1. The van der Waals surface area contributed by atoms with Crippen LogP contribution in [0.1, 0.15) is 48.0 Å². The van der Waals surface area contributed by atoms with Crippen LogP contribution in [0.2, 0.25) is 0 Å². The van der Waals surface area contributed by atoms with Crippen LogP contribution in [0.4, 0.5) is 9.59 Å². The lowest BCUT2D eigenvalue weighted by atomic mass is 9.91. The van der Waals surface area contributed by atoms with E-state index in [4.69, 9.17) is 9.47 Å². The fraction of sp³-hybridized carbons (Fsp3) is 0.778. The number of ether oxygens (including phenoxy) is 2. The molecule has 144 valence electrons. The Labute approximate surface area is 150 Å². The van der Waals surface area contributed by atoms with Gasteiger partial charge < -0.3 is 19.5 Å². The van der Waals surface area contributed by atoms with Gasteiger partial charge in [-0.1, -0.05) is 6.08 Å². The van der Waals surface area contributed by atoms with Gasteiger partial charge in [0, 0.05) is 13.1 Å². The summed E-state index contributed by atoms with van der Waals surface area (Å²) in [5.74, 6) is 0. The summed E-state index contributed by atoms with van der Waals surface area (Å²) in [5, 5.41) is 10.0. The van der Waals surface area contributed by atoms with Crippen molar-refractivity contribution >= 4 is 12.2 Å². The minimum atomic E-state index is -0.973. The van der Waals surface area contributed by atoms with Gasteiger partial charge in [0.2, 0.25) is 0 Å². The lowest BCUT2D eigenvalue weighted by Gasteiger charge is -2.49. The number of amides is 2. The summed E-state index contributed by atoms with van der Waals surface area (Å²) in [4.78, 5) is 28.0. The molecule has 1 rings (SSSR count). The van der Waals surface area contributed by atoms with Crippen molar-refractivity contribution < 1.29 is 24.2 Å². The summed E-state index contributed by atoms with van der Waals surface area (Å²) in [6.07, 6.45) is 0.999. The van der Waals surface area contributed by atoms with Gasteiger partial charge in [0.05, 0.1) is 18.7 Å². The molecule has 7 nitrogen and oxygen atoms in total. The number of aliphatic hydroxyl groups is 1. The molecule has 0 aromatic rings. The molecule has 1 saturated heterocycles. The van der Waals surface area contributed by atoms with Crippen LogP contribution < -0.4 is 0 Å². The van der Waals surface area contributed by atoms with Gasteiger partial charge >= 0.3 is 12.2 Å². The van der Waals surface area contributed by atoms with Crippen LogP contribution in [0.25, 0.3) is 0 Å². The maximum absolute atomic E-state index is 12.6. The Hall–Kier alpha value is -1.76. The van der Waals surface area contributed by atoms with E-state index < -0.39 is 28.9 Å². The molecule has 0 aliphatic carbocycles. The van der Waals surface area contributed by atoms with Crippen LogP contribution in [-0.2, 0) is 9.47 Å². The normalized spacial score (nSPS) is 21.7. The highest BCUT2D eigenvalue weighted by atomic mass is 16.6. The first-order chi connectivity index (χ1) is 11.3. The molecule has 1 heterocycles. The van der Waals surface area contributed by atoms with E-state index in [1.807, 2.05) is 0 Å². The predicted molar refractivity (Wildman–Crippen MR) is 95.4 cm³/mol. The van der Waals surface area contributed by atoms with Crippen molar-refractivity contribution in [1.29, 1.82) is 0 Å². The summed E-state index contributed by atoms with van der Waals surface area (Å²) in [7, 11) is 0. The Morgan fingerprint density at radius 2 is 1.60 bits per heavy atom. The van der Waals surface area contributed by atoms with Crippen molar-refractivity contribution in [3.8, 4) is 0 Å². The Morgan fingerprint density at radius 1 is 1.08 bits per heavy atom. The highest BCUT2D eigenvalue weighted by molar-refractivity contribution is 5.72. The van der Waals surface area contributed by atoms with Crippen molar-refractivity contribution in [3.05, 3.63) is 12.7 Å². The van der Waals surface area contributed by atoms with Gasteiger partial charge in [0.1, 0.15) is 11.2 Å². The highest BCUT2D eigenvalue weighted by Crippen LogP contribution is 2.28. The zero-order valence-electron chi connectivity index (χ0n) is 16.3. The number of aliphatic hydroxyl groups excluding tert-OH is 1. The van der Waals surface area contributed by atoms with Crippen LogP contribution in [0, 0.1) is 0 Å². The van der Waals surface area contributed by atoms with Crippen molar-refractivity contribution in [3.63, 3.8) is 0 Å². The third-order valence-corrected chi connectivity index (χ3v) is 3.74. The van der Waals surface area contributed by atoms with Crippen molar-refractivity contribution in [2.24, 2.45) is 0 Å². The average Bonchev–Trinajstić information content (AvgIpc) is 2.43. The zero-order chi connectivity index (χ0) is 19.5. The summed E-state index contributed by atoms with van der Waals surface area (Å²) in [5.41, 5.74) is -2.23. The molecular weight excluding hydrogens is 324 g/mol. The molecule has 1 unspecified atom stereocenters. The monoisotopic (exact) mass is 356 g/mol. The summed E-state index contributed by atoms with van der Waals surface area (Å²) < 4.78 is 10.9. The van der Waals surface area contributed by atoms with E-state index in [0.717, 1.165) is 0 Å². The number of carbonyl (C=O) groups is 2. The van der Waals surface area contributed by atoms with E-state index in [1.54, 1.807) is 47.6 Å². The Balaban J connectivity index is 3.02. The smallest absolute Gasteiger partial charge is 0.410 e. The van der Waals surface area contributed by atoms with Crippen molar-refractivity contribution in [2.45, 2.75) is 64.7 Å². The topological polar surface area (TPSA) is 79.3 Å². The molecule has 1 fully saturated rings. The van der Waals surface area contributed by atoms with Crippen LogP contribution in [-0.4, -0.2) is 70.1 Å². The molecule has 25 heavy (non-hydrogen) atoms. The van der Waals surface area contributed by atoms with E-state index >= 15 is 0 Å². The van der Waals surface area contributed by atoms with Gasteiger partial charge in [-0.3, -0.25) is 4.90 Å². The van der Waals surface area contributed by atoms with Crippen LogP contribution >= 0.6 is 0 Å². The van der Waals surface area contributed by atoms with Gasteiger partial charge in [0.15, 0.2) is 0 Å². The maximum Gasteiger partial charge on any atom is 0.410 e. The second kappa shape index (κ2) is 7.64. The quantitative estimate of drug-likeness (QED) is 0.787. The fourth-order valence-electron chi connectivity index (χ4n) is 2.71. The van der Waals surface area contributed by atoms with Crippen molar-refractivity contribution in [1.82, 2.24) is 9.80 Å².